The third kappa shape index (κ3) is 3.94. The standard InChI is InChI=1S/C48H31N3/c1-3-14-31(15-4-1)42-30-43(50-47(49-42)32-16-5-2-6-17-32)35-27-26-34-28-33-18-7-9-21-38(33)48(41(34)29-35)39-22-10-12-25-45(39)51-44-24-11-8-19-36(44)37-20-13-23-40(48)46(37)51/h1-27,29-30H,28H2. The molecule has 0 amide bonds. The molecule has 3 heterocycles. The van der Waals surface area contributed by atoms with Crippen molar-refractivity contribution in [3.63, 3.8) is 0 Å². The second kappa shape index (κ2) is 10.7. The maximum absolute atomic E-state index is 5.26. The average molecular weight is 650 g/mol. The van der Waals surface area contributed by atoms with Crippen molar-refractivity contribution in [1.29, 1.82) is 0 Å². The largest absolute Gasteiger partial charge is 0.309 e. The van der Waals surface area contributed by atoms with Gasteiger partial charge >= 0.3 is 0 Å². The van der Waals surface area contributed by atoms with Gasteiger partial charge in [-0.05, 0) is 64.1 Å². The molecule has 3 nitrogen and oxygen atoms in total. The fraction of sp³-hybridized carbons (Fsp3) is 0.0417. The summed E-state index contributed by atoms with van der Waals surface area (Å²) in [6.07, 6.45) is 0.878. The summed E-state index contributed by atoms with van der Waals surface area (Å²) < 4.78 is 2.50. The van der Waals surface area contributed by atoms with Gasteiger partial charge in [-0.3, -0.25) is 0 Å². The average Bonchev–Trinajstić information content (AvgIpc) is 3.55. The molecule has 0 radical (unpaired) electrons. The number of rotatable bonds is 3. The molecule has 1 spiro atoms. The van der Waals surface area contributed by atoms with Crippen molar-refractivity contribution in [2.24, 2.45) is 0 Å². The number of para-hydroxylation sites is 3. The summed E-state index contributed by atoms with van der Waals surface area (Å²) in [6.45, 7) is 0. The van der Waals surface area contributed by atoms with E-state index in [1.165, 1.54) is 60.9 Å². The van der Waals surface area contributed by atoms with Crippen LogP contribution in [0.3, 0.4) is 0 Å². The highest BCUT2D eigenvalue weighted by Crippen LogP contribution is 2.57. The van der Waals surface area contributed by atoms with E-state index in [9.17, 15) is 0 Å². The van der Waals surface area contributed by atoms with Gasteiger partial charge in [0.1, 0.15) is 0 Å². The highest BCUT2D eigenvalue weighted by atomic mass is 15.0. The van der Waals surface area contributed by atoms with Gasteiger partial charge in [0.25, 0.3) is 0 Å². The topological polar surface area (TPSA) is 30.7 Å². The number of hydrogen-bond acceptors (Lipinski definition) is 2. The quantitative estimate of drug-likeness (QED) is 0.191. The molecule has 11 rings (SSSR count). The first-order valence-corrected chi connectivity index (χ1v) is 17.6. The van der Waals surface area contributed by atoms with E-state index in [0.29, 0.717) is 0 Å². The first-order valence-electron chi connectivity index (χ1n) is 17.6. The van der Waals surface area contributed by atoms with E-state index in [4.69, 9.17) is 9.97 Å². The Kier molecular flexibility index (Phi) is 5.94. The lowest BCUT2D eigenvalue weighted by atomic mass is 9.58. The molecule has 2 aliphatic rings. The SMILES string of the molecule is c1ccc(-c2cc(-c3ccc4c(c3)C3(c5ccccc5C4)c4ccccc4-n4c5ccccc5c5cccc3c54)nc(-c3ccccc3)n2)cc1. The molecule has 1 aliphatic carbocycles. The fourth-order valence-electron chi connectivity index (χ4n) is 8.98. The minimum atomic E-state index is -0.530. The van der Waals surface area contributed by atoms with E-state index < -0.39 is 5.41 Å². The van der Waals surface area contributed by atoms with Crippen LogP contribution in [0.1, 0.15) is 33.4 Å². The molecule has 0 N–H and O–H groups in total. The number of benzene rings is 7. The van der Waals surface area contributed by atoms with Gasteiger partial charge in [-0.25, -0.2) is 9.97 Å². The molecule has 7 aromatic carbocycles. The monoisotopic (exact) mass is 649 g/mol. The van der Waals surface area contributed by atoms with Crippen molar-refractivity contribution in [2.45, 2.75) is 11.8 Å². The predicted molar refractivity (Wildman–Crippen MR) is 207 cm³/mol. The van der Waals surface area contributed by atoms with E-state index in [2.05, 4.69) is 156 Å². The van der Waals surface area contributed by atoms with Crippen molar-refractivity contribution in [1.82, 2.24) is 14.5 Å². The summed E-state index contributed by atoms with van der Waals surface area (Å²) in [4.78, 5) is 10.3. The molecule has 1 aliphatic heterocycles. The van der Waals surface area contributed by atoms with Gasteiger partial charge < -0.3 is 4.57 Å². The molecule has 2 aromatic heterocycles. The Labute approximate surface area is 296 Å². The number of hydrogen-bond donors (Lipinski definition) is 0. The van der Waals surface area contributed by atoms with Gasteiger partial charge in [-0.15, -0.1) is 0 Å². The van der Waals surface area contributed by atoms with E-state index in [1.54, 1.807) is 0 Å². The first kappa shape index (κ1) is 28.3. The van der Waals surface area contributed by atoms with Crippen LogP contribution >= 0.6 is 0 Å². The second-order valence-electron chi connectivity index (χ2n) is 13.7. The van der Waals surface area contributed by atoms with Crippen LogP contribution in [-0.4, -0.2) is 14.5 Å². The van der Waals surface area contributed by atoms with E-state index in [1.807, 2.05) is 24.3 Å². The minimum Gasteiger partial charge on any atom is -0.309 e. The second-order valence-corrected chi connectivity index (χ2v) is 13.7. The van der Waals surface area contributed by atoms with Crippen LogP contribution in [0.5, 0.6) is 0 Å². The van der Waals surface area contributed by atoms with Crippen molar-refractivity contribution in [3.05, 3.63) is 209 Å². The number of fused-ring (bicyclic) bond motifs is 11. The zero-order chi connectivity index (χ0) is 33.5. The molecular weight excluding hydrogens is 619 g/mol. The Balaban J connectivity index is 1.24. The first-order chi connectivity index (χ1) is 25.3. The summed E-state index contributed by atoms with van der Waals surface area (Å²) in [5.74, 6) is 0.724. The van der Waals surface area contributed by atoms with Crippen LogP contribution < -0.4 is 0 Å². The van der Waals surface area contributed by atoms with E-state index in [0.717, 1.165) is 40.3 Å². The van der Waals surface area contributed by atoms with E-state index >= 15 is 0 Å². The van der Waals surface area contributed by atoms with Crippen molar-refractivity contribution < 1.29 is 0 Å². The van der Waals surface area contributed by atoms with Gasteiger partial charge in [0.05, 0.1) is 33.5 Å². The Hall–Kier alpha value is -6.58. The summed E-state index contributed by atoms with van der Waals surface area (Å²) in [6, 6.07) is 63.9. The molecule has 9 aromatic rings. The molecule has 0 bridgehead atoms. The number of nitrogens with zero attached hydrogens (tertiary/aromatic N) is 3. The Bertz CT molecular complexity index is 2770. The van der Waals surface area contributed by atoms with Crippen molar-refractivity contribution >= 4 is 21.8 Å². The normalized spacial score (nSPS) is 15.5. The lowest BCUT2D eigenvalue weighted by Crippen LogP contribution is -2.39. The smallest absolute Gasteiger partial charge is 0.160 e. The zero-order valence-corrected chi connectivity index (χ0v) is 27.8. The minimum absolute atomic E-state index is 0.530. The molecule has 3 heteroatoms. The van der Waals surface area contributed by atoms with Gasteiger partial charge in [0.15, 0.2) is 5.82 Å². The predicted octanol–water partition coefficient (Wildman–Crippen LogP) is 11.2. The van der Waals surface area contributed by atoms with Gasteiger partial charge in [0.2, 0.25) is 0 Å². The summed E-state index contributed by atoms with van der Waals surface area (Å²) in [7, 11) is 0. The van der Waals surface area contributed by atoms with Crippen LogP contribution in [-0.2, 0) is 11.8 Å². The van der Waals surface area contributed by atoms with E-state index in [-0.39, 0.29) is 0 Å². The molecule has 51 heavy (non-hydrogen) atoms. The molecule has 0 saturated heterocycles. The van der Waals surface area contributed by atoms with Crippen LogP contribution in [0.15, 0.2) is 176 Å². The van der Waals surface area contributed by atoms with Crippen LogP contribution in [0, 0.1) is 0 Å². The van der Waals surface area contributed by atoms with Gasteiger partial charge in [0, 0.05) is 27.5 Å². The van der Waals surface area contributed by atoms with Crippen LogP contribution in [0.25, 0.3) is 61.4 Å². The third-order valence-corrected chi connectivity index (χ3v) is 11.1. The maximum Gasteiger partial charge on any atom is 0.160 e. The van der Waals surface area contributed by atoms with Gasteiger partial charge in [-0.2, -0.15) is 0 Å². The fourth-order valence-corrected chi connectivity index (χ4v) is 8.98. The summed E-state index contributed by atoms with van der Waals surface area (Å²) in [5, 5.41) is 2.57. The third-order valence-electron chi connectivity index (χ3n) is 11.1. The van der Waals surface area contributed by atoms with Crippen LogP contribution in [0.2, 0.25) is 0 Å². The molecule has 0 fully saturated rings. The molecule has 1 atom stereocenters. The molecule has 1 unspecified atom stereocenters. The lowest BCUT2D eigenvalue weighted by Gasteiger charge is -2.46. The Morgan fingerprint density at radius 2 is 1.06 bits per heavy atom. The highest BCUT2D eigenvalue weighted by Gasteiger charge is 2.49. The molecule has 0 saturated carbocycles. The summed E-state index contributed by atoms with van der Waals surface area (Å²) in [5.41, 5.74) is 16.2. The van der Waals surface area contributed by atoms with Crippen molar-refractivity contribution in [3.8, 4) is 39.6 Å². The molecular formula is C48H31N3. The number of aromatic nitrogens is 3. The van der Waals surface area contributed by atoms with Crippen LogP contribution in [0.4, 0.5) is 0 Å². The van der Waals surface area contributed by atoms with Gasteiger partial charge in [-0.1, -0.05) is 152 Å². The highest BCUT2D eigenvalue weighted by molar-refractivity contribution is 6.12. The molecule has 238 valence electrons. The maximum atomic E-state index is 5.26. The Morgan fingerprint density at radius 3 is 1.90 bits per heavy atom. The van der Waals surface area contributed by atoms with Crippen molar-refractivity contribution in [2.75, 3.05) is 0 Å². The summed E-state index contributed by atoms with van der Waals surface area (Å²) >= 11 is 0. The zero-order valence-electron chi connectivity index (χ0n) is 27.8. The lowest BCUT2D eigenvalue weighted by molar-refractivity contribution is 0.691. The Morgan fingerprint density at radius 1 is 0.431 bits per heavy atom.